The van der Waals surface area contributed by atoms with Gasteiger partial charge in [-0.2, -0.15) is 0 Å². The fourth-order valence-corrected chi connectivity index (χ4v) is 4.57. The predicted molar refractivity (Wildman–Crippen MR) is 72.4 cm³/mol. The van der Waals surface area contributed by atoms with Gasteiger partial charge in [0.05, 0.1) is 5.01 Å². The van der Waals surface area contributed by atoms with Gasteiger partial charge in [0.1, 0.15) is 0 Å². The van der Waals surface area contributed by atoms with Crippen molar-refractivity contribution in [1.82, 2.24) is 10.3 Å². The molecule has 0 bridgehead atoms. The number of thiazole rings is 1. The Kier molecular flexibility index (Phi) is 2.99. The maximum absolute atomic E-state index is 4.40. The van der Waals surface area contributed by atoms with E-state index in [1.165, 1.54) is 42.1 Å². The Labute approximate surface area is 108 Å². The van der Waals surface area contributed by atoms with Gasteiger partial charge in [0.2, 0.25) is 0 Å². The molecule has 2 aliphatic rings. The molecule has 1 heterocycles. The van der Waals surface area contributed by atoms with E-state index in [9.17, 15) is 0 Å². The third-order valence-corrected chi connectivity index (χ3v) is 5.34. The second-order valence-corrected chi connectivity index (χ2v) is 7.29. The fraction of sp³-hybridized carbons (Fsp3) is 0.786. The number of aromatic nitrogens is 1. The van der Waals surface area contributed by atoms with E-state index < -0.39 is 0 Å². The fourth-order valence-electron chi connectivity index (χ4n) is 3.60. The molecular weight excluding hydrogens is 228 g/mol. The summed E-state index contributed by atoms with van der Waals surface area (Å²) in [5.41, 5.74) is 0.544. The predicted octanol–water partition coefficient (Wildman–Crippen LogP) is 3.02. The van der Waals surface area contributed by atoms with Crippen LogP contribution in [0.4, 0.5) is 0 Å². The molecule has 2 atom stereocenters. The monoisotopic (exact) mass is 250 g/mol. The van der Waals surface area contributed by atoms with E-state index in [1.54, 1.807) is 0 Å². The highest BCUT2D eigenvalue weighted by Crippen LogP contribution is 2.60. The number of hydrogen-bond acceptors (Lipinski definition) is 3. The topological polar surface area (TPSA) is 24.9 Å². The average molecular weight is 250 g/mol. The number of fused-ring (bicyclic) bond motifs is 1. The van der Waals surface area contributed by atoms with Gasteiger partial charge < -0.3 is 5.32 Å². The summed E-state index contributed by atoms with van der Waals surface area (Å²) in [6.45, 7) is 6.61. The van der Waals surface area contributed by atoms with Crippen molar-refractivity contribution >= 4 is 11.3 Å². The molecule has 94 valence electrons. The molecule has 0 aromatic carbocycles. The number of rotatable bonds is 5. The van der Waals surface area contributed by atoms with Crippen molar-refractivity contribution < 1.29 is 0 Å². The van der Waals surface area contributed by atoms with E-state index in [0.29, 0.717) is 5.41 Å². The first-order chi connectivity index (χ1) is 8.21. The average Bonchev–Trinajstić information content (AvgIpc) is 2.72. The molecule has 2 fully saturated rings. The lowest BCUT2D eigenvalue weighted by Gasteiger charge is -2.30. The summed E-state index contributed by atoms with van der Waals surface area (Å²) >= 11 is 1.88. The van der Waals surface area contributed by atoms with Crippen molar-refractivity contribution in [2.45, 2.75) is 39.5 Å². The molecular formula is C14H22N2S. The molecule has 2 nitrogen and oxygen atoms in total. The summed E-state index contributed by atoms with van der Waals surface area (Å²) in [5, 5.41) is 4.79. The second kappa shape index (κ2) is 4.36. The Balaban J connectivity index is 1.70. The number of nitrogens with one attached hydrogen (secondary N) is 1. The molecule has 3 rings (SSSR count). The lowest BCUT2D eigenvalue weighted by Crippen LogP contribution is -2.35. The van der Waals surface area contributed by atoms with Crippen LogP contribution < -0.4 is 5.32 Å². The number of nitrogens with zero attached hydrogens (tertiary/aromatic N) is 1. The van der Waals surface area contributed by atoms with Crippen LogP contribution in [0.25, 0.3) is 0 Å². The molecule has 0 saturated heterocycles. The van der Waals surface area contributed by atoms with Gasteiger partial charge in [-0.3, -0.25) is 0 Å². The molecule has 0 spiro atoms. The van der Waals surface area contributed by atoms with Crippen molar-refractivity contribution in [3.05, 3.63) is 16.1 Å². The number of hydrogen-bond donors (Lipinski definition) is 1. The minimum absolute atomic E-state index is 0.544. The molecule has 3 heteroatoms. The highest BCUT2D eigenvalue weighted by atomic mass is 32.1. The van der Waals surface area contributed by atoms with Crippen molar-refractivity contribution in [3.63, 3.8) is 0 Å². The maximum atomic E-state index is 4.40. The van der Waals surface area contributed by atoms with Crippen LogP contribution in [0.3, 0.4) is 0 Å². The zero-order chi connectivity index (χ0) is 11.9. The molecule has 2 aliphatic carbocycles. The van der Waals surface area contributed by atoms with Gasteiger partial charge in [-0.05, 0) is 56.4 Å². The first-order valence-corrected chi connectivity index (χ1v) is 7.64. The van der Waals surface area contributed by atoms with Gasteiger partial charge >= 0.3 is 0 Å². The summed E-state index contributed by atoms with van der Waals surface area (Å²) in [7, 11) is 0. The lowest BCUT2D eigenvalue weighted by molar-refractivity contribution is 0.252. The highest BCUT2D eigenvalue weighted by molar-refractivity contribution is 7.11. The Bertz CT molecular complexity index is 389. The zero-order valence-electron chi connectivity index (χ0n) is 10.8. The van der Waals surface area contributed by atoms with Crippen LogP contribution >= 0.6 is 11.3 Å². The van der Waals surface area contributed by atoms with Crippen LogP contribution in [0.15, 0.2) is 6.20 Å². The van der Waals surface area contributed by atoms with Crippen LogP contribution in [0.5, 0.6) is 0 Å². The Morgan fingerprint density at radius 2 is 2.24 bits per heavy atom. The van der Waals surface area contributed by atoms with Crippen LogP contribution in [0.1, 0.15) is 36.1 Å². The second-order valence-electron chi connectivity index (χ2n) is 5.97. The minimum Gasteiger partial charge on any atom is -0.316 e. The third kappa shape index (κ3) is 2.41. The van der Waals surface area contributed by atoms with Crippen molar-refractivity contribution in [1.29, 1.82) is 0 Å². The maximum Gasteiger partial charge on any atom is 0.0896 e. The van der Waals surface area contributed by atoms with Gasteiger partial charge in [-0.1, -0.05) is 6.92 Å². The van der Waals surface area contributed by atoms with E-state index in [-0.39, 0.29) is 0 Å². The minimum atomic E-state index is 0.544. The highest BCUT2D eigenvalue weighted by Gasteiger charge is 2.53. The van der Waals surface area contributed by atoms with Gasteiger partial charge in [0.25, 0.3) is 0 Å². The van der Waals surface area contributed by atoms with Gasteiger partial charge in [0.15, 0.2) is 0 Å². The largest absolute Gasteiger partial charge is 0.316 e. The Morgan fingerprint density at radius 3 is 2.82 bits per heavy atom. The van der Waals surface area contributed by atoms with E-state index in [4.69, 9.17) is 0 Å². The summed E-state index contributed by atoms with van der Waals surface area (Å²) in [4.78, 5) is 5.89. The zero-order valence-corrected chi connectivity index (χ0v) is 11.6. The van der Waals surface area contributed by atoms with E-state index in [1.807, 2.05) is 11.3 Å². The molecule has 0 aliphatic heterocycles. The van der Waals surface area contributed by atoms with Gasteiger partial charge in [-0.25, -0.2) is 4.98 Å². The molecule has 2 unspecified atom stereocenters. The molecule has 1 aromatic rings. The molecule has 1 aromatic heterocycles. The normalized spacial score (nSPS) is 34.9. The quantitative estimate of drug-likeness (QED) is 0.869. The summed E-state index contributed by atoms with van der Waals surface area (Å²) < 4.78 is 0. The van der Waals surface area contributed by atoms with E-state index in [0.717, 1.165) is 18.4 Å². The summed E-state index contributed by atoms with van der Waals surface area (Å²) in [6.07, 6.45) is 7.75. The SMILES string of the molecule is CCNCC1(Cc2cnc(C)s2)CC2CC2C1. The molecule has 0 amide bonds. The standard InChI is InChI=1S/C14H22N2S/c1-3-15-9-14(5-11-4-12(11)6-14)7-13-8-16-10(2)17-13/h8,11-12,15H,3-7,9H2,1-2H3. The van der Waals surface area contributed by atoms with E-state index in [2.05, 4.69) is 30.3 Å². The van der Waals surface area contributed by atoms with Crippen LogP contribution in [0, 0.1) is 24.2 Å². The van der Waals surface area contributed by atoms with Crippen LogP contribution in [-0.2, 0) is 6.42 Å². The first kappa shape index (κ1) is 11.7. The smallest absolute Gasteiger partial charge is 0.0896 e. The summed E-state index contributed by atoms with van der Waals surface area (Å²) in [5.74, 6) is 2.12. The molecule has 1 N–H and O–H groups in total. The van der Waals surface area contributed by atoms with Crippen LogP contribution in [-0.4, -0.2) is 18.1 Å². The molecule has 17 heavy (non-hydrogen) atoms. The van der Waals surface area contributed by atoms with Gasteiger partial charge in [0, 0.05) is 17.6 Å². The Morgan fingerprint density at radius 1 is 1.47 bits per heavy atom. The summed E-state index contributed by atoms with van der Waals surface area (Å²) in [6, 6.07) is 0. The van der Waals surface area contributed by atoms with Crippen molar-refractivity contribution in [3.8, 4) is 0 Å². The van der Waals surface area contributed by atoms with Crippen LogP contribution in [0.2, 0.25) is 0 Å². The molecule has 2 saturated carbocycles. The number of aryl methyl sites for hydroxylation is 1. The van der Waals surface area contributed by atoms with Crippen molar-refractivity contribution in [2.24, 2.45) is 17.3 Å². The lowest BCUT2D eigenvalue weighted by atomic mass is 9.79. The Hall–Kier alpha value is -0.410. The van der Waals surface area contributed by atoms with E-state index >= 15 is 0 Å². The van der Waals surface area contributed by atoms with Crippen molar-refractivity contribution in [2.75, 3.05) is 13.1 Å². The third-order valence-electron chi connectivity index (χ3n) is 4.43. The van der Waals surface area contributed by atoms with Gasteiger partial charge in [-0.15, -0.1) is 11.3 Å². The first-order valence-electron chi connectivity index (χ1n) is 6.83. The molecule has 0 radical (unpaired) electrons.